The molecular formula is C14H23ClN4O2. The fourth-order valence-electron chi connectivity index (χ4n) is 2.75. The lowest BCUT2D eigenvalue weighted by Crippen LogP contribution is -2.35. The van der Waals surface area contributed by atoms with Crippen LogP contribution in [-0.4, -0.2) is 47.8 Å². The second kappa shape index (κ2) is 7.77. The second-order valence-electron chi connectivity index (χ2n) is 5.43. The average molecular weight is 315 g/mol. The van der Waals surface area contributed by atoms with Crippen LogP contribution in [0, 0.1) is 0 Å². The highest BCUT2D eigenvalue weighted by Crippen LogP contribution is 2.12. The number of nitrogens with one attached hydrogen (secondary N) is 2. The predicted octanol–water partition coefficient (Wildman–Crippen LogP) is 0.749. The van der Waals surface area contributed by atoms with Gasteiger partial charge in [-0.25, -0.2) is 4.98 Å². The summed E-state index contributed by atoms with van der Waals surface area (Å²) < 4.78 is 7.69. The van der Waals surface area contributed by atoms with Gasteiger partial charge in [0.05, 0.1) is 6.10 Å². The van der Waals surface area contributed by atoms with E-state index in [-0.39, 0.29) is 24.4 Å². The summed E-state index contributed by atoms with van der Waals surface area (Å²) in [5.74, 6) is 0.904. The van der Waals surface area contributed by atoms with Crippen LogP contribution in [0.2, 0.25) is 0 Å². The number of carbonyl (C=O) groups is 1. The molecule has 2 aliphatic rings. The topological polar surface area (TPSA) is 68.2 Å². The molecule has 0 bridgehead atoms. The van der Waals surface area contributed by atoms with E-state index >= 15 is 0 Å². The number of nitrogens with zero attached hydrogens (tertiary/aromatic N) is 2. The summed E-state index contributed by atoms with van der Waals surface area (Å²) in [4.78, 5) is 16.6. The number of imidazole rings is 1. The summed E-state index contributed by atoms with van der Waals surface area (Å²) in [6, 6.07) is 0. The molecule has 1 unspecified atom stereocenters. The third-order valence-corrected chi connectivity index (χ3v) is 3.91. The molecule has 118 valence electrons. The highest BCUT2D eigenvalue weighted by molar-refractivity contribution is 5.92. The largest absolute Gasteiger partial charge is 0.376 e. The lowest BCUT2D eigenvalue weighted by molar-refractivity contribution is 0.0168. The Morgan fingerprint density at radius 2 is 2.38 bits per heavy atom. The zero-order valence-electron chi connectivity index (χ0n) is 12.1. The van der Waals surface area contributed by atoms with Gasteiger partial charge in [-0.1, -0.05) is 0 Å². The number of hydrogen-bond acceptors (Lipinski definition) is 4. The summed E-state index contributed by atoms with van der Waals surface area (Å²) >= 11 is 0. The molecule has 3 heterocycles. The summed E-state index contributed by atoms with van der Waals surface area (Å²) in [7, 11) is 0. The number of amides is 1. The van der Waals surface area contributed by atoms with Crippen molar-refractivity contribution >= 4 is 18.3 Å². The van der Waals surface area contributed by atoms with Crippen LogP contribution >= 0.6 is 12.4 Å². The fraction of sp³-hybridized carbons (Fsp3) is 0.714. The minimum absolute atomic E-state index is 0. The number of ether oxygens (including phenoxy) is 1. The van der Waals surface area contributed by atoms with E-state index in [9.17, 15) is 4.79 Å². The molecule has 0 spiro atoms. The van der Waals surface area contributed by atoms with Crippen molar-refractivity contribution in [1.82, 2.24) is 20.2 Å². The van der Waals surface area contributed by atoms with Gasteiger partial charge in [-0.3, -0.25) is 4.79 Å². The second-order valence-corrected chi connectivity index (χ2v) is 5.43. The SMILES string of the molecule is Cl.O=C(NCC1CCCCO1)c1cn2c(n1)CCNCC2. The normalized spacial score (nSPS) is 21.8. The number of rotatable bonds is 3. The quantitative estimate of drug-likeness (QED) is 0.864. The number of fused-ring (bicyclic) bond motifs is 1. The Labute approximate surface area is 131 Å². The first-order chi connectivity index (χ1) is 9.83. The van der Waals surface area contributed by atoms with Gasteiger partial charge in [0.2, 0.25) is 0 Å². The van der Waals surface area contributed by atoms with E-state index in [1.807, 2.05) is 6.20 Å². The fourth-order valence-corrected chi connectivity index (χ4v) is 2.75. The highest BCUT2D eigenvalue weighted by Gasteiger charge is 2.18. The predicted molar refractivity (Wildman–Crippen MR) is 82.0 cm³/mol. The van der Waals surface area contributed by atoms with Crippen molar-refractivity contribution in [1.29, 1.82) is 0 Å². The van der Waals surface area contributed by atoms with Crippen molar-refractivity contribution < 1.29 is 9.53 Å². The maximum atomic E-state index is 12.1. The Kier molecular flexibility index (Phi) is 6.02. The van der Waals surface area contributed by atoms with Crippen LogP contribution in [0.5, 0.6) is 0 Å². The summed E-state index contributed by atoms with van der Waals surface area (Å²) in [6.07, 6.45) is 6.25. The Morgan fingerprint density at radius 3 is 3.19 bits per heavy atom. The van der Waals surface area contributed by atoms with Gasteiger partial charge in [-0.15, -0.1) is 12.4 Å². The van der Waals surface area contributed by atoms with Gasteiger partial charge < -0.3 is 19.9 Å². The molecule has 21 heavy (non-hydrogen) atoms. The minimum atomic E-state index is -0.0901. The van der Waals surface area contributed by atoms with Gasteiger partial charge in [0, 0.05) is 45.4 Å². The van der Waals surface area contributed by atoms with Gasteiger partial charge >= 0.3 is 0 Å². The number of aromatic nitrogens is 2. The van der Waals surface area contributed by atoms with E-state index in [1.54, 1.807) is 0 Å². The smallest absolute Gasteiger partial charge is 0.271 e. The van der Waals surface area contributed by atoms with Crippen molar-refractivity contribution in [3.8, 4) is 0 Å². The van der Waals surface area contributed by atoms with Crippen LogP contribution in [-0.2, 0) is 17.7 Å². The van der Waals surface area contributed by atoms with E-state index < -0.39 is 0 Å². The molecule has 1 aromatic heterocycles. The van der Waals surface area contributed by atoms with Crippen molar-refractivity contribution in [2.24, 2.45) is 0 Å². The Bertz CT molecular complexity index is 448. The molecule has 0 aromatic carbocycles. The third-order valence-electron chi connectivity index (χ3n) is 3.91. The molecule has 7 heteroatoms. The molecule has 1 atom stereocenters. The Morgan fingerprint density at radius 1 is 1.48 bits per heavy atom. The van der Waals surface area contributed by atoms with Crippen LogP contribution in [0.1, 0.15) is 35.6 Å². The number of halogens is 1. The number of hydrogen-bond donors (Lipinski definition) is 2. The van der Waals surface area contributed by atoms with Crippen LogP contribution in [0.25, 0.3) is 0 Å². The molecule has 0 aliphatic carbocycles. The van der Waals surface area contributed by atoms with Gasteiger partial charge in [0.25, 0.3) is 5.91 Å². The van der Waals surface area contributed by atoms with Gasteiger partial charge in [0.1, 0.15) is 11.5 Å². The third kappa shape index (κ3) is 4.18. The van der Waals surface area contributed by atoms with E-state index in [0.717, 1.165) is 51.3 Å². The van der Waals surface area contributed by atoms with Gasteiger partial charge in [-0.2, -0.15) is 0 Å². The lowest BCUT2D eigenvalue weighted by Gasteiger charge is -2.22. The highest BCUT2D eigenvalue weighted by atomic mass is 35.5. The molecule has 1 fully saturated rings. The van der Waals surface area contributed by atoms with Crippen LogP contribution in [0.4, 0.5) is 0 Å². The van der Waals surface area contributed by atoms with Crippen molar-refractivity contribution in [2.75, 3.05) is 26.2 Å². The van der Waals surface area contributed by atoms with E-state index in [1.165, 1.54) is 6.42 Å². The molecule has 1 amide bonds. The lowest BCUT2D eigenvalue weighted by atomic mass is 10.1. The van der Waals surface area contributed by atoms with E-state index in [2.05, 4.69) is 20.2 Å². The van der Waals surface area contributed by atoms with Gasteiger partial charge in [-0.05, 0) is 19.3 Å². The first-order valence-electron chi connectivity index (χ1n) is 7.49. The standard InChI is InChI=1S/C14H22N4O2.ClH/c19-14(16-9-11-3-1-2-8-20-11)12-10-18-7-6-15-5-4-13(18)17-12;/h10-11,15H,1-9H2,(H,16,19);1H. The molecule has 2 aliphatic heterocycles. The van der Waals surface area contributed by atoms with Crippen molar-refractivity contribution in [2.45, 2.75) is 38.3 Å². The molecule has 0 radical (unpaired) electrons. The van der Waals surface area contributed by atoms with Gasteiger partial charge in [0.15, 0.2) is 0 Å². The molecule has 1 aromatic rings. The zero-order valence-corrected chi connectivity index (χ0v) is 13.0. The summed E-state index contributed by atoms with van der Waals surface area (Å²) in [5.41, 5.74) is 0.526. The summed E-state index contributed by atoms with van der Waals surface area (Å²) in [5, 5.41) is 6.26. The zero-order chi connectivity index (χ0) is 13.8. The monoisotopic (exact) mass is 314 g/mol. The van der Waals surface area contributed by atoms with E-state index in [0.29, 0.717) is 12.2 Å². The minimum Gasteiger partial charge on any atom is -0.376 e. The molecule has 1 saturated heterocycles. The summed E-state index contributed by atoms with van der Waals surface area (Å²) in [6.45, 7) is 4.13. The molecule has 6 nitrogen and oxygen atoms in total. The molecule has 2 N–H and O–H groups in total. The molecule has 3 rings (SSSR count). The van der Waals surface area contributed by atoms with Crippen LogP contribution in [0.3, 0.4) is 0 Å². The van der Waals surface area contributed by atoms with Crippen molar-refractivity contribution in [3.05, 3.63) is 17.7 Å². The Balaban J connectivity index is 0.00000161. The average Bonchev–Trinajstić information content (AvgIpc) is 2.77. The van der Waals surface area contributed by atoms with E-state index in [4.69, 9.17) is 4.74 Å². The number of carbonyl (C=O) groups excluding carboxylic acids is 1. The first kappa shape index (κ1) is 16.3. The molecule has 0 saturated carbocycles. The molecular weight excluding hydrogens is 292 g/mol. The Hall–Kier alpha value is -1.11. The maximum Gasteiger partial charge on any atom is 0.271 e. The first-order valence-corrected chi connectivity index (χ1v) is 7.49. The van der Waals surface area contributed by atoms with Crippen LogP contribution < -0.4 is 10.6 Å². The van der Waals surface area contributed by atoms with Crippen molar-refractivity contribution in [3.63, 3.8) is 0 Å². The van der Waals surface area contributed by atoms with Crippen LogP contribution in [0.15, 0.2) is 6.20 Å². The maximum absolute atomic E-state index is 12.1.